The average molecular weight is 267 g/mol. The molecule has 0 aromatic heterocycles. The zero-order valence-corrected chi connectivity index (χ0v) is 12.0. The lowest BCUT2D eigenvalue weighted by Gasteiger charge is -2.21. The summed E-state index contributed by atoms with van der Waals surface area (Å²) in [6.07, 6.45) is 12.2. The molecular formula is C18H21NO. The van der Waals surface area contributed by atoms with E-state index in [9.17, 15) is 4.79 Å². The van der Waals surface area contributed by atoms with Crippen LogP contribution in [0.4, 0.5) is 0 Å². The average Bonchev–Trinajstić information content (AvgIpc) is 2.73. The SMILES string of the molecule is CC1CCCN1C(=O)Cc1ccc2c(c1)C=CC=CC2. The van der Waals surface area contributed by atoms with Gasteiger partial charge in [-0.1, -0.05) is 42.5 Å². The minimum atomic E-state index is 0.269. The van der Waals surface area contributed by atoms with Crippen molar-refractivity contribution in [2.24, 2.45) is 0 Å². The lowest BCUT2D eigenvalue weighted by molar-refractivity contribution is -0.130. The molecule has 0 bridgehead atoms. The van der Waals surface area contributed by atoms with Gasteiger partial charge in [0.1, 0.15) is 0 Å². The van der Waals surface area contributed by atoms with Crippen molar-refractivity contribution in [3.05, 3.63) is 53.1 Å². The highest BCUT2D eigenvalue weighted by Gasteiger charge is 2.24. The number of fused-ring (bicyclic) bond motifs is 1. The maximum atomic E-state index is 12.4. The van der Waals surface area contributed by atoms with Crippen molar-refractivity contribution >= 4 is 12.0 Å². The van der Waals surface area contributed by atoms with Crippen LogP contribution in [0.15, 0.2) is 36.4 Å². The summed E-state index contributed by atoms with van der Waals surface area (Å²) in [7, 11) is 0. The predicted molar refractivity (Wildman–Crippen MR) is 82.4 cm³/mol. The maximum absolute atomic E-state index is 12.4. The van der Waals surface area contributed by atoms with Crippen molar-refractivity contribution in [2.45, 2.75) is 38.6 Å². The molecule has 2 aliphatic rings. The minimum absolute atomic E-state index is 0.269. The smallest absolute Gasteiger partial charge is 0.227 e. The summed E-state index contributed by atoms with van der Waals surface area (Å²) in [5.74, 6) is 0.269. The Morgan fingerprint density at radius 2 is 2.25 bits per heavy atom. The first kappa shape index (κ1) is 13.2. The number of rotatable bonds is 2. The maximum Gasteiger partial charge on any atom is 0.227 e. The van der Waals surface area contributed by atoms with Crippen LogP contribution in [-0.4, -0.2) is 23.4 Å². The Morgan fingerprint density at radius 3 is 3.05 bits per heavy atom. The first-order valence-electron chi connectivity index (χ1n) is 7.48. The zero-order valence-electron chi connectivity index (χ0n) is 12.0. The molecule has 2 nitrogen and oxygen atoms in total. The van der Waals surface area contributed by atoms with Crippen molar-refractivity contribution in [1.82, 2.24) is 4.90 Å². The molecule has 1 aliphatic carbocycles. The molecule has 1 aromatic carbocycles. The molecule has 1 fully saturated rings. The number of hydrogen-bond acceptors (Lipinski definition) is 1. The topological polar surface area (TPSA) is 20.3 Å². The Kier molecular flexibility index (Phi) is 3.72. The molecular weight excluding hydrogens is 246 g/mol. The third kappa shape index (κ3) is 2.69. The van der Waals surface area contributed by atoms with E-state index in [1.165, 1.54) is 11.1 Å². The quantitative estimate of drug-likeness (QED) is 0.804. The second kappa shape index (κ2) is 5.66. The lowest BCUT2D eigenvalue weighted by atomic mass is 10.00. The highest BCUT2D eigenvalue weighted by Crippen LogP contribution is 2.21. The molecule has 1 heterocycles. The largest absolute Gasteiger partial charge is 0.340 e. The van der Waals surface area contributed by atoms with E-state index in [1.54, 1.807) is 0 Å². The molecule has 1 saturated heterocycles. The summed E-state index contributed by atoms with van der Waals surface area (Å²) in [5, 5.41) is 0. The van der Waals surface area contributed by atoms with Crippen LogP contribution < -0.4 is 0 Å². The first-order valence-corrected chi connectivity index (χ1v) is 7.48. The Labute approximate surface area is 120 Å². The van der Waals surface area contributed by atoms with E-state index < -0.39 is 0 Å². The fraction of sp³-hybridized carbons (Fsp3) is 0.389. The van der Waals surface area contributed by atoms with Crippen LogP contribution in [-0.2, 0) is 17.6 Å². The van der Waals surface area contributed by atoms with Gasteiger partial charge in [-0.3, -0.25) is 4.79 Å². The molecule has 20 heavy (non-hydrogen) atoms. The van der Waals surface area contributed by atoms with Crippen molar-refractivity contribution in [3.63, 3.8) is 0 Å². The number of carbonyl (C=O) groups excluding carboxylic acids is 1. The summed E-state index contributed by atoms with van der Waals surface area (Å²) >= 11 is 0. The van der Waals surface area contributed by atoms with E-state index in [0.29, 0.717) is 12.5 Å². The lowest BCUT2D eigenvalue weighted by Crippen LogP contribution is -2.34. The van der Waals surface area contributed by atoms with Gasteiger partial charge >= 0.3 is 0 Å². The van der Waals surface area contributed by atoms with Crippen LogP contribution in [0.5, 0.6) is 0 Å². The molecule has 2 heteroatoms. The number of nitrogens with zero attached hydrogens (tertiary/aromatic N) is 1. The van der Waals surface area contributed by atoms with Gasteiger partial charge in [0.25, 0.3) is 0 Å². The van der Waals surface area contributed by atoms with Gasteiger partial charge in [0.05, 0.1) is 6.42 Å². The summed E-state index contributed by atoms with van der Waals surface area (Å²) in [6, 6.07) is 6.83. The summed E-state index contributed by atoms with van der Waals surface area (Å²) in [4.78, 5) is 14.4. The summed E-state index contributed by atoms with van der Waals surface area (Å²) in [5.41, 5.74) is 3.70. The third-order valence-electron chi connectivity index (χ3n) is 4.30. The molecule has 1 aromatic rings. The van der Waals surface area contributed by atoms with Crippen molar-refractivity contribution in [2.75, 3.05) is 6.54 Å². The highest BCUT2D eigenvalue weighted by atomic mass is 16.2. The van der Waals surface area contributed by atoms with Gasteiger partial charge in [-0.2, -0.15) is 0 Å². The summed E-state index contributed by atoms with van der Waals surface area (Å²) < 4.78 is 0. The Morgan fingerprint density at radius 1 is 1.35 bits per heavy atom. The molecule has 0 spiro atoms. The number of amides is 1. The highest BCUT2D eigenvalue weighted by molar-refractivity contribution is 5.79. The molecule has 0 N–H and O–H groups in total. The molecule has 0 radical (unpaired) electrons. The number of hydrogen-bond donors (Lipinski definition) is 0. The van der Waals surface area contributed by atoms with Crippen molar-refractivity contribution < 1.29 is 4.79 Å². The number of allylic oxidation sites excluding steroid dienone is 3. The number of benzene rings is 1. The fourth-order valence-corrected chi connectivity index (χ4v) is 3.11. The number of carbonyl (C=O) groups is 1. The Balaban J connectivity index is 1.75. The predicted octanol–water partition coefficient (Wildman–Crippen LogP) is 3.37. The Hall–Kier alpha value is -1.83. The van der Waals surface area contributed by atoms with Gasteiger partial charge in [0.2, 0.25) is 5.91 Å². The number of likely N-dealkylation sites (tertiary alicyclic amines) is 1. The van der Waals surface area contributed by atoms with Crippen LogP contribution in [0.2, 0.25) is 0 Å². The molecule has 1 unspecified atom stereocenters. The Bertz CT molecular complexity index is 571. The van der Waals surface area contributed by atoms with E-state index in [-0.39, 0.29) is 5.91 Å². The zero-order chi connectivity index (χ0) is 13.9. The van der Waals surface area contributed by atoms with E-state index in [1.807, 2.05) is 4.90 Å². The molecule has 0 saturated carbocycles. The van der Waals surface area contributed by atoms with Crippen molar-refractivity contribution in [3.8, 4) is 0 Å². The first-order chi connectivity index (χ1) is 9.74. The van der Waals surface area contributed by atoms with Gasteiger partial charge in [0, 0.05) is 12.6 Å². The van der Waals surface area contributed by atoms with Gasteiger partial charge in [-0.05, 0) is 42.9 Å². The third-order valence-corrected chi connectivity index (χ3v) is 4.30. The van der Waals surface area contributed by atoms with E-state index >= 15 is 0 Å². The van der Waals surface area contributed by atoms with Gasteiger partial charge in [0.15, 0.2) is 0 Å². The normalized spacial score (nSPS) is 20.9. The van der Waals surface area contributed by atoms with E-state index in [2.05, 4.69) is 49.4 Å². The molecule has 1 aliphatic heterocycles. The van der Waals surface area contributed by atoms with Crippen LogP contribution in [0.1, 0.15) is 36.5 Å². The van der Waals surface area contributed by atoms with Crippen LogP contribution in [0.25, 0.3) is 6.08 Å². The second-order valence-corrected chi connectivity index (χ2v) is 5.78. The van der Waals surface area contributed by atoms with Crippen molar-refractivity contribution in [1.29, 1.82) is 0 Å². The van der Waals surface area contributed by atoms with Crippen LogP contribution in [0, 0.1) is 0 Å². The van der Waals surface area contributed by atoms with Gasteiger partial charge < -0.3 is 4.90 Å². The van der Waals surface area contributed by atoms with Crippen LogP contribution >= 0.6 is 0 Å². The van der Waals surface area contributed by atoms with Gasteiger partial charge in [-0.25, -0.2) is 0 Å². The standard InChI is InChI=1S/C18H21NO/c1-14-6-5-11-19(14)18(20)13-15-9-10-16-7-3-2-4-8-17(16)12-15/h2-4,8-10,12,14H,5-7,11,13H2,1H3. The molecule has 104 valence electrons. The summed E-state index contributed by atoms with van der Waals surface area (Å²) in [6.45, 7) is 3.07. The van der Waals surface area contributed by atoms with Gasteiger partial charge in [-0.15, -0.1) is 0 Å². The second-order valence-electron chi connectivity index (χ2n) is 5.78. The minimum Gasteiger partial charge on any atom is -0.340 e. The van der Waals surface area contributed by atoms with Crippen LogP contribution in [0.3, 0.4) is 0 Å². The fourth-order valence-electron chi connectivity index (χ4n) is 3.11. The molecule has 3 rings (SSSR count). The van der Waals surface area contributed by atoms with E-state index in [0.717, 1.165) is 31.4 Å². The molecule has 1 amide bonds. The van der Waals surface area contributed by atoms with E-state index in [4.69, 9.17) is 0 Å². The molecule has 1 atom stereocenters. The monoisotopic (exact) mass is 267 g/mol.